The van der Waals surface area contributed by atoms with Gasteiger partial charge in [0.1, 0.15) is 0 Å². The van der Waals surface area contributed by atoms with Crippen molar-refractivity contribution in [1.29, 1.82) is 0 Å². The lowest BCUT2D eigenvalue weighted by Crippen LogP contribution is -2.48. The van der Waals surface area contributed by atoms with E-state index in [4.69, 9.17) is 17.3 Å². The van der Waals surface area contributed by atoms with Crippen LogP contribution < -0.4 is 5.73 Å². The van der Waals surface area contributed by atoms with Gasteiger partial charge in [0.25, 0.3) is 0 Å². The van der Waals surface area contributed by atoms with E-state index in [0.29, 0.717) is 12.5 Å². The minimum absolute atomic E-state index is 0.0155. The highest BCUT2D eigenvalue weighted by Crippen LogP contribution is 2.29. The van der Waals surface area contributed by atoms with Crippen molar-refractivity contribution >= 4 is 11.6 Å². The molecule has 0 spiro atoms. The van der Waals surface area contributed by atoms with E-state index in [9.17, 15) is 5.11 Å². The summed E-state index contributed by atoms with van der Waals surface area (Å²) in [5.74, 6) is 0.371. The molecule has 3 N–H and O–H groups in total. The number of aliphatic hydroxyl groups is 1. The number of hydrogen-bond donors (Lipinski definition) is 2. The molecule has 3 nitrogen and oxygen atoms in total. The SMILES string of the molecule is CC(N)C(c1ccc(Cl)cc1)N1CCC(C)C(O)C1. The first-order valence-electron chi connectivity index (χ1n) is 6.92. The fourth-order valence-corrected chi connectivity index (χ4v) is 2.96. The fraction of sp³-hybridized carbons (Fsp3) is 0.600. The molecule has 4 heteroatoms. The molecule has 1 aromatic carbocycles. The van der Waals surface area contributed by atoms with E-state index in [1.165, 1.54) is 5.56 Å². The Morgan fingerprint density at radius 3 is 2.53 bits per heavy atom. The fourth-order valence-electron chi connectivity index (χ4n) is 2.83. The predicted molar refractivity (Wildman–Crippen MR) is 79.2 cm³/mol. The van der Waals surface area contributed by atoms with Crippen LogP contribution in [0.3, 0.4) is 0 Å². The minimum atomic E-state index is -0.262. The number of rotatable bonds is 3. The Morgan fingerprint density at radius 2 is 2.00 bits per heavy atom. The molecule has 0 aromatic heterocycles. The van der Waals surface area contributed by atoms with Crippen LogP contribution in [0.4, 0.5) is 0 Å². The standard InChI is InChI=1S/C15H23ClN2O/c1-10-7-8-18(9-14(10)19)15(11(2)17)12-3-5-13(16)6-4-12/h3-6,10-11,14-15,19H,7-9,17H2,1-2H3. The maximum Gasteiger partial charge on any atom is 0.0693 e. The second-order valence-electron chi connectivity index (χ2n) is 5.68. The van der Waals surface area contributed by atoms with Gasteiger partial charge in [-0.2, -0.15) is 0 Å². The van der Waals surface area contributed by atoms with Crippen LogP contribution in [0, 0.1) is 5.92 Å². The highest BCUT2D eigenvalue weighted by molar-refractivity contribution is 6.30. The summed E-state index contributed by atoms with van der Waals surface area (Å²) in [6.07, 6.45) is 0.750. The van der Waals surface area contributed by atoms with E-state index in [0.717, 1.165) is 18.0 Å². The Kier molecular flexibility index (Phi) is 4.85. The third kappa shape index (κ3) is 3.48. The van der Waals surface area contributed by atoms with Crippen LogP contribution in [0.2, 0.25) is 5.02 Å². The number of aliphatic hydroxyl groups excluding tert-OH is 1. The van der Waals surface area contributed by atoms with Crippen LogP contribution in [0.25, 0.3) is 0 Å². The van der Waals surface area contributed by atoms with E-state index in [2.05, 4.69) is 11.8 Å². The summed E-state index contributed by atoms with van der Waals surface area (Å²) < 4.78 is 0. The van der Waals surface area contributed by atoms with Gasteiger partial charge in [-0.3, -0.25) is 4.90 Å². The highest BCUT2D eigenvalue weighted by Gasteiger charge is 2.31. The molecule has 1 fully saturated rings. The van der Waals surface area contributed by atoms with Gasteiger partial charge in [0.2, 0.25) is 0 Å². The molecule has 0 aliphatic carbocycles. The van der Waals surface area contributed by atoms with Crippen LogP contribution in [0.5, 0.6) is 0 Å². The predicted octanol–water partition coefficient (Wildman–Crippen LogP) is 2.43. The summed E-state index contributed by atoms with van der Waals surface area (Å²) in [5.41, 5.74) is 7.33. The van der Waals surface area contributed by atoms with Crippen molar-refractivity contribution in [3.8, 4) is 0 Å². The summed E-state index contributed by atoms with van der Waals surface area (Å²) in [5, 5.41) is 10.8. The van der Waals surface area contributed by atoms with Crippen molar-refractivity contribution in [2.24, 2.45) is 11.7 Å². The van der Waals surface area contributed by atoms with Gasteiger partial charge in [0, 0.05) is 23.7 Å². The molecule has 1 aliphatic rings. The van der Waals surface area contributed by atoms with Crippen LogP contribution in [-0.2, 0) is 0 Å². The van der Waals surface area contributed by atoms with Gasteiger partial charge < -0.3 is 10.8 Å². The average molecular weight is 283 g/mol. The van der Waals surface area contributed by atoms with E-state index in [1.807, 2.05) is 31.2 Å². The number of nitrogens with two attached hydrogens (primary N) is 1. The Labute approximate surface area is 120 Å². The molecular weight excluding hydrogens is 260 g/mol. The van der Waals surface area contributed by atoms with Gasteiger partial charge in [0.15, 0.2) is 0 Å². The van der Waals surface area contributed by atoms with Crippen molar-refractivity contribution in [2.75, 3.05) is 13.1 Å². The normalized spacial score (nSPS) is 28.1. The number of nitrogens with zero attached hydrogens (tertiary/aromatic N) is 1. The molecule has 106 valence electrons. The summed E-state index contributed by atoms with van der Waals surface area (Å²) in [4.78, 5) is 2.29. The molecule has 4 atom stereocenters. The van der Waals surface area contributed by atoms with Crippen molar-refractivity contribution in [2.45, 2.75) is 38.5 Å². The third-order valence-electron chi connectivity index (χ3n) is 4.05. The lowest BCUT2D eigenvalue weighted by molar-refractivity contribution is 0.00540. The topological polar surface area (TPSA) is 49.5 Å². The van der Waals surface area contributed by atoms with Crippen LogP contribution in [-0.4, -0.2) is 35.2 Å². The zero-order valence-corrected chi connectivity index (χ0v) is 12.3. The Hall–Kier alpha value is -0.610. The minimum Gasteiger partial charge on any atom is -0.392 e. The zero-order chi connectivity index (χ0) is 14.0. The van der Waals surface area contributed by atoms with Crippen LogP contribution >= 0.6 is 11.6 Å². The maximum atomic E-state index is 10.1. The lowest BCUT2D eigenvalue weighted by Gasteiger charge is -2.41. The first-order chi connectivity index (χ1) is 8.99. The molecule has 0 amide bonds. The molecule has 4 unspecified atom stereocenters. The molecule has 0 bridgehead atoms. The second-order valence-corrected chi connectivity index (χ2v) is 6.12. The smallest absolute Gasteiger partial charge is 0.0693 e. The first kappa shape index (κ1) is 14.8. The Bertz CT molecular complexity index is 407. The number of halogens is 1. The van der Waals surface area contributed by atoms with Gasteiger partial charge in [-0.1, -0.05) is 30.7 Å². The first-order valence-corrected chi connectivity index (χ1v) is 7.30. The summed E-state index contributed by atoms with van der Waals surface area (Å²) >= 11 is 5.94. The highest BCUT2D eigenvalue weighted by atomic mass is 35.5. The number of β-amino-alcohol motifs (C(OH)–C–C–N with tert-alkyl or cyclic N) is 1. The van der Waals surface area contributed by atoms with Crippen molar-refractivity contribution < 1.29 is 5.11 Å². The van der Waals surface area contributed by atoms with Gasteiger partial charge in [-0.15, -0.1) is 0 Å². The molecule has 1 heterocycles. The molecule has 19 heavy (non-hydrogen) atoms. The molecular formula is C15H23ClN2O. The number of hydrogen-bond acceptors (Lipinski definition) is 3. The lowest BCUT2D eigenvalue weighted by atomic mass is 9.91. The van der Waals surface area contributed by atoms with E-state index < -0.39 is 0 Å². The van der Waals surface area contributed by atoms with E-state index in [1.54, 1.807) is 0 Å². The van der Waals surface area contributed by atoms with E-state index >= 15 is 0 Å². The van der Waals surface area contributed by atoms with Crippen molar-refractivity contribution in [3.05, 3.63) is 34.9 Å². The molecule has 1 aromatic rings. The van der Waals surface area contributed by atoms with Crippen molar-refractivity contribution in [1.82, 2.24) is 4.90 Å². The zero-order valence-electron chi connectivity index (χ0n) is 11.6. The van der Waals surface area contributed by atoms with Gasteiger partial charge in [0.05, 0.1) is 6.10 Å². The Balaban J connectivity index is 2.18. The van der Waals surface area contributed by atoms with Gasteiger partial charge in [-0.25, -0.2) is 0 Å². The summed E-state index contributed by atoms with van der Waals surface area (Å²) in [6, 6.07) is 8.01. The molecule has 0 saturated carbocycles. The summed E-state index contributed by atoms with van der Waals surface area (Å²) in [6.45, 7) is 5.79. The van der Waals surface area contributed by atoms with Gasteiger partial charge in [-0.05, 0) is 43.5 Å². The van der Waals surface area contributed by atoms with E-state index in [-0.39, 0.29) is 18.2 Å². The molecule has 2 rings (SSSR count). The number of benzene rings is 1. The third-order valence-corrected chi connectivity index (χ3v) is 4.30. The largest absolute Gasteiger partial charge is 0.392 e. The Morgan fingerprint density at radius 1 is 1.37 bits per heavy atom. The second kappa shape index (κ2) is 6.23. The molecule has 1 aliphatic heterocycles. The average Bonchev–Trinajstić information content (AvgIpc) is 2.36. The van der Waals surface area contributed by atoms with Crippen LogP contribution in [0.15, 0.2) is 24.3 Å². The monoisotopic (exact) mass is 282 g/mol. The number of likely N-dealkylation sites (tertiary alicyclic amines) is 1. The maximum absolute atomic E-state index is 10.1. The van der Waals surface area contributed by atoms with Crippen LogP contribution in [0.1, 0.15) is 31.9 Å². The number of piperidine rings is 1. The molecule has 1 saturated heterocycles. The van der Waals surface area contributed by atoms with Gasteiger partial charge >= 0.3 is 0 Å². The molecule has 0 radical (unpaired) electrons. The summed E-state index contributed by atoms with van der Waals surface area (Å²) in [7, 11) is 0. The quantitative estimate of drug-likeness (QED) is 0.895. The van der Waals surface area contributed by atoms with Crippen molar-refractivity contribution in [3.63, 3.8) is 0 Å².